The predicted octanol–water partition coefficient (Wildman–Crippen LogP) is 1.80. The SMILES string of the molecule is CCOC(c1noc(CC2CSCCN2)n1)C1CC1. The van der Waals surface area contributed by atoms with E-state index in [2.05, 4.69) is 15.5 Å². The molecule has 2 heterocycles. The highest BCUT2D eigenvalue weighted by Gasteiger charge is 2.36. The Hall–Kier alpha value is -0.590. The average Bonchev–Trinajstić information content (AvgIpc) is 3.17. The Morgan fingerprint density at radius 3 is 3.11 bits per heavy atom. The van der Waals surface area contributed by atoms with Crippen molar-refractivity contribution < 1.29 is 9.26 Å². The summed E-state index contributed by atoms with van der Waals surface area (Å²) in [7, 11) is 0. The van der Waals surface area contributed by atoms with Crippen molar-refractivity contribution in [2.24, 2.45) is 5.92 Å². The molecule has 5 nitrogen and oxygen atoms in total. The van der Waals surface area contributed by atoms with Gasteiger partial charge in [-0.1, -0.05) is 5.16 Å². The van der Waals surface area contributed by atoms with Crippen LogP contribution >= 0.6 is 11.8 Å². The number of rotatable bonds is 6. The van der Waals surface area contributed by atoms with Gasteiger partial charge in [-0.25, -0.2) is 0 Å². The Kier molecular flexibility index (Phi) is 4.40. The van der Waals surface area contributed by atoms with Crippen molar-refractivity contribution in [2.75, 3.05) is 24.7 Å². The van der Waals surface area contributed by atoms with Crippen LogP contribution in [0.15, 0.2) is 4.52 Å². The van der Waals surface area contributed by atoms with Gasteiger partial charge >= 0.3 is 0 Å². The number of hydrogen-bond donors (Lipinski definition) is 1. The van der Waals surface area contributed by atoms with Gasteiger partial charge in [-0.3, -0.25) is 0 Å². The Morgan fingerprint density at radius 2 is 2.42 bits per heavy atom. The zero-order chi connectivity index (χ0) is 13.1. The lowest BCUT2D eigenvalue weighted by Crippen LogP contribution is -2.38. The minimum atomic E-state index is 0.0381. The second-order valence-electron chi connectivity index (χ2n) is 5.19. The van der Waals surface area contributed by atoms with Gasteiger partial charge in [0.15, 0.2) is 0 Å². The lowest BCUT2D eigenvalue weighted by atomic mass is 10.2. The molecule has 0 radical (unpaired) electrons. The smallest absolute Gasteiger partial charge is 0.228 e. The maximum Gasteiger partial charge on any atom is 0.228 e. The molecule has 0 amide bonds. The molecule has 1 aliphatic carbocycles. The molecule has 19 heavy (non-hydrogen) atoms. The van der Waals surface area contributed by atoms with Crippen LogP contribution in [0.4, 0.5) is 0 Å². The summed E-state index contributed by atoms with van der Waals surface area (Å²) in [4.78, 5) is 4.53. The van der Waals surface area contributed by atoms with Crippen molar-refractivity contribution >= 4 is 11.8 Å². The van der Waals surface area contributed by atoms with Gasteiger partial charge in [0.05, 0.1) is 0 Å². The van der Waals surface area contributed by atoms with E-state index in [4.69, 9.17) is 9.26 Å². The quantitative estimate of drug-likeness (QED) is 0.859. The first kappa shape index (κ1) is 13.4. The van der Waals surface area contributed by atoms with Gasteiger partial charge in [0.2, 0.25) is 11.7 Å². The molecule has 1 aromatic heterocycles. The molecule has 0 bridgehead atoms. The van der Waals surface area contributed by atoms with Crippen molar-refractivity contribution in [3.05, 3.63) is 11.7 Å². The van der Waals surface area contributed by atoms with Crippen LogP contribution in [0.2, 0.25) is 0 Å². The van der Waals surface area contributed by atoms with Crippen LogP contribution in [0.3, 0.4) is 0 Å². The number of ether oxygens (including phenoxy) is 1. The van der Waals surface area contributed by atoms with Crippen LogP contribution in [0.25, 0.3) is 0 Å². The highest BCUT2D eigenvalue weighted by atomic mass is 32.2. The fourth-order valence-electron chi connectivity index (χ4n) is 2.43. The number of thioether (sulfide) groups is 1. The van der Waals surface area contributed by atoms with Gasteiger partial charge in [-0.15, -0.1) is 0 Å². The van der Waals surface area contributed by atoms with E-state index in [1.165, 1.54) is 18.6 Å². The van der Waals surface area contributed by atoms with E-state index in [0.29, 0.717) is 18.6 Å². The first-order chi connectivity index (χ1) is 9.36. The summed E-state index contributed by atoms with van der Waals surface area (Å²) in [5.74, 6) is 4.38. The second-order valence-corrected chi connectivity index (χ2v) is 6.34. The molecular weight excluding hydrogens is 262 g/mol. The van der Waals surface area contributed by atoms with Gasteiger partial charge in [0, 0.05) is 37.1 Å². The minimum absolute atomic E-state index is 0.0381. The summed E-state index contributed by atoms with van der Waals surface area (Å²) in [6.45, 7) is 3.78. The Morgan fingerprint density at radius 1 is 1.53 bits per heavy atom. The first-order valence-electron chi connectivity index (χ1n) is 7.12. The van der Waals surface area contributed by atoms with Crippen molar-refractivity contribution in [3.8, 4) is 0 Å². The zero-order valence-corrected chi connectivity index (χ0v) is 12.1. The number of aromatic nitrogens is 2. The summed E-state index contributed by atoms with van der Waals surface area (Å²) in [6, 6.07) is 0.457. The van der Waals surface area contributed by atoms with Gasteiger partial charge in [-0.05, 0) is 25.7 Å². The Bertz CT molecular complexity index is 402. The fourth-order valence-corrected chi connectivity index (χ4v) is 3.38. The molecule has 2 atom stereocenters. The summed E-state index contributed by atoms with van der Waals surface area (Å²) < 4.78 is 11.1. The maximum absolute atomic E-state index is 5.75. The molecular formula is C13H21N3O2S. The topological polar surface area (TPSA) is 60.2 Å². The third-order valence-corrected chi connectivity index (χ3v) is 4.69. The highest BCUT2D eigenvalue weighted by molar-refractivity contribution is 7.99. The van der Waals surface area contributed by atoms with Crippen LogP contribution in [0.1, 0.15) is 37.6 Å². The van der Waals surface area contributed by atoms with E-state index < -0.39 is 0 Å². The molecule has 1 saturated carbocycles. The standard InChI is InChI=1S/C13H21N3O2S/c1-2-17-12(9-3-4-9)13-15-11(18-16-13)7-10-8-19-6-5-14-10/h9-10,12,14H,2-8H2,1H3. The molecule has 0 spiro atoms. The molecule has 2 fully saturated rings. The largest absolute Gasteiger partial charge is 0.370 e. The van der Waals surface area contributed by atoms with E-state index in [1.54, 1.807) is 0 Å². The van der Waals surface area contributed by atoms with E-state index in [9.17, 15) is 0 Å². The van der Waals surface area contributed by atoms with Crippen molar-refractivity contribution in [2.45, 2.75) is 38.3 Å². The average molecular weight is 283 g/mol. The number of nitrogens with one attached hydrogen (secondary N) is 1. The molecule has 1 aliphatic heterocycles. The molecule has 1 saturated heterocycles. The summed E-state index contributed by atoms with van der Waals surface area (Å²) in [6.07, 6.45) is 3.30. The molecule has 1 N–H and O–H groups in total. The number of hydrogen-bond acceptors (Lipinski definition) is 6. The summed E-state index contributed by atoms with van der Waals surface area (Å²) >= 11 is 1.98. The Labute approximate surface area is 117 Å². The van der Waals surface area contributed by atoms with Crippen molar-refractivity contribution in [1.82, 2.24) is 15.5 Å². The molecule has 0 aromatic carbocycles. The van der Waals surface area contributed by atoms with E-state index in [-0.39, 0.29) is 6.10 Å². The lowest BCUT2D eigenvalue weighted by Gasteiger charge is -2.21. The van der Waals surface area contributed by atoms with Crippen LogP contribution < -0.4 is 5.32 Å². The molecule has 3 rings (SSSR count). The molecule has 2 aliphatic rings. The van der Waals surface area contributed by atoms with Gasteiger partial charge < -0.3 is 14.6 Å². The van der Waals surface area contributed by atoms with Crippen LogP contribution in [0.5, 0.6) is 0 Å². The zero-order valence-electron chi connectivity index (χ0n) is 11.3. The number of nitrogens with zero attached hydrogens (tertiary/aromatic N) is 2. The van der Waals surface area contributed by atoms with E-state index in [1.807, 2.05) is 18.7 Å². The van der Waals surface area contributed by atoms with Crippen LogP contribution in [0, 0.1) is 5.92 Å². The second kappa shape index (κ2) is 6.24. The molecule has 2 unspecified atom stereocenters. The summed E-state index contributed by atoms with van der Waals surface area (Å²) in [5.41, 5.74) is 0. The molecule has 6 heteroatoms. The molecule has 1 aromatic rings. The van der Waals surface area contributed by atoms with Gasteiger partial charge in [0.1, 0.15) is 6.10 Å². The monoisotopic (exact) mass is 283 g/mol. The highest BCUT2D eigenvalue weighted by Crippen LogP contribution is 2.42. The Balaban J connectivity index is 1.61. The van der Waals surface area contributed by atoms with Gasteiger partial charge in [-0.2, -0.15) is 16.7 Å². The lowest BCUT2D eigenvalue weighted by molar-refractivity contribution is 0.0384. The summed E-state index contributed by atoms with van der Waals surface area (Å²) in [5, 5.41) is 7.60. The minimum Gasteiger partial charge on any atom is -0.370 e. The maximum atomic E-state index is 5.75. The normalized spacial score (nSPS) is 25.4. The van der Waals surface area contributed by atoms with Crippen LogP contribution in [-0.2, 0) is 11.2 Å². The third-order valence-electron chi connectivity index (χ3n) is 3.55. The first-order valence-corrected chi connectivity index (χ1v) is 8.27. The van der Waals surface area contributed by atoms with E-state index >= 15 is 0 Å². The van der Waals surface area contributed by atoms with Crippen molar-refractivity contribution in [3.63, 3.8) is 0 Å². The van der Waals surface area contributed by atoms with Crippen LogP contribution in [-0.4, -0.2) is 40.8 Å². The van der Waals surface area contributed by atoms with Crippen molar-refractivity contribution in [1.29, 1.82) is 0 Å². The third kappa shape index (κ3) is 3.49. The van der Waals surface area contributed by atoms with Gasteiger partial charge in [0.25, 0.3) is 0 Å². The molecule has 106 valence electrons. The van der Waals surface area contributed by atoms with E-state index in [0.717, 1.165) is 30.4 Å². The predicted molar refractivity (Wildman–Crippen MR) is 74.2 cm³/mol. The fraction of sp³-hybridized carbons (Fsp3) is 0.846.